The average Bonchev–Trinajstić information content (AvgIpc) is 2.58. The van der Waals surface area contributed by atoms with Gasteiger partial charge in [-0.2, -0.15) is 0 Å². The van der Waals surface area contributed by atoms with E-state index in [0.29, 0.717) is 28.9 Å². The van der Waals surface area contributed by atoms with Crippen LogP contribution in [0.1, 0.15) is 12.8 Å². The fraction of sp³-hybridized carbons (Fsp3) is 0.429. The molecule has 1 fully saturated rings. The predicted molar refractivity (Wildman–Crippen MR) is 53.3 cm³/mol. The van der Waals surface area contributed by atoms with E-state index in [0.717, 1.165) is 18.1 Å². The molecule has 0 N–H and O–H groups in total. The quantitative estimate of drug-likeness (QED) is 0.638. The molecule has 2 heterocycles. The molecular formula is C7H10N2OSSn. The predicted octanol–water partition coefficient (Wildman–Crippen LogP) is -0.739. The average molecular weight is 289 g/mol. The number of rotatable bonds is 1. The van der Waals surface area contributed by atoms with Gasteiger partial charge in [0.25, 0.3) is 0 Å². The topological polar surface area (TPSA) is 33.2 Å². The Bertz CT molecular complexity index is 312. The number of anilines is 1. The van der Waals surface area contributed by atoms with E-state index in [-0.39, 0.29) is 5.91 Å². The van der Waals surface area contributed by atoms with Crippen LogP contribution in [-0.2, 0) is 4.79 Å². The fourth-order valence-electron chi connectivity index (χ4n) is 1.32. The Labute approximate surface area is 87.9 Å². The summed E-state index contributed by atoms with van der Waals surface area (Å²) in [7, 11) is 0. The van der Waals surface area contributed by atoms with Gasteiger partial charge in [0.1, 0.15) is 0 Å². The Morgan fingerprint density at radius 3 is 3.00 bits per heavy atom. The molecule has 0 radical (unpaired) electrons. The molecular weight excluding hydrogens is 279 g/mol. The third-order valence-electron chi connectivity index (χ3n) is 1.91. The van der Waals surface area contributed by atoms with Crippen LogP contribution in [0.2, 0.25) is 0 Å². The number of aromatic nitrogens is 1. The van der Waals surface area contributed by atoms with E-state index in [4.69, 9.17) is 0 Å². The molecule has 3 nitrogen and oxygen atoms in total. The Morgan fingerprint density at radius 1 is 1.67 bits per heavy atom. The van der Waals surface area contributed by atoms with Crippen LogP contribution in [0.15, 0.2) is 6.20 Å². The standard InChI is InChI=1S/C7H7N2OS.Sn.3H/c10-6-2-1-4-9(6)7-8-3-5-11-7;;;;/h3H,1-2,4H2;;;;. The van der Waals surface area contributed by atoms with Crippen molar-refractivity contribution in [1.82, 2.24) is 4.98 Å². The number of hydrogen-bond acceptors (Lipinski definition) is 3. The van der Waals surface area contributed by atoms with Crippen molar-refractivity contribution in [2.75, 3.05) is 11.4 Å². The summed E-state index contributed by atoms with van der Waals surface area (Å²) in [6.07, 6.45) is 3.59. The van der Waals surface area contributed by atoms with Gasteiger partial charge >= 0.3 is 88.1 Å². The molecule has 0 bridgehead atoms. The number of carbonyl (C=O) groups excluding carboxylic acids is 1. The normalized spacial score (nSPS) is 17.7. The molecule has 0 atom stereocenters. The van der Waals surface area contributed by atoms with Gasteiger partial charge in [0.15, 0.2) is 0 Å². The maximum absolute atomic E-state index is 11.3. The number of amides is 1. The van der Waals surface area contributed by atoms with Crippen LogP contribution in [0, 0.1) is 0 Å². The molecule has 1 aromatic rings. The van der Waals surface area contributed by atoms with Crippen LogP contribution >= 0.6 is 11.3 Å². The molecule has 0 aliphatic carbocycles. The molecule has 1 aliphatic heterocycles. The number of hydrogen-bond donors (Lipinski definition) is 0. The SMILES string of the molecule is O=C1CCCN1c1nc[c]([SnH3])s1. The summed E-state index contributed by atoms with van der Waals surface area (Å²) in [6.45, 7) is 0.862. The van der Waals surface area contributed by atoms with E-state index in [1.54, 1.807) is 11.3 Å². The number of nitrogens with zero attached hydrogens (tertiary/aromatic N) is 2. The summed E-state index contributed by atoms with van der Waals surface area (Å²) in [5.41, 5.74) is 0. The summed E-state index contributed by atoms with van der Waals surface area (Å²) in [5.74, 6) is 0.236. The molecule has 0 spiro atoms. The van der Waals surface area contributed by atoms with Gasteiger partial charge in [0.2, 0.25) is 0 Å². The van der Waals surface area contributed by atoms with Crippen LogP contribution in [0.4, 0.5) is 5.13 Å². The first-order valence-electron chi connectivity index (χ1n) is 4.00. The Kier molecular flexibility index (Phi) is 2.36. The van der Waals surface area contributed by atoms with E-state index < -0.39 is 0 Å². The molecule has 1 aromatic heterocycles. The summed E-state index contributed by atoms with van der Waals surface area (Å²) >= 11 is 2.20. The van der Waals surface area contributed by atoms with Crippen LogP contribution in [0.25, 0.3) is 0 Å². The minimum atomic E-state index is 0.236. The Balaban J connectivity index is 2.24. The van der Waals surface area contributed by atoms with Crippen molar-refractivity contribution in [3.63, 3.8) is 0 Å². The molecule has 1 amide bonds. The Morgan fingerprint density at radius 2 is 2.50 bits per heavy atom. The van der Waals surface area contributed by atoms with Crippen molar-refractivity contribution < 1.29 is 4.79 Å². The van der Waals surface area contributed by atoms with Crippen LogP contribution in [0.5, 0.6) is 0 Å². The summed E-state index contributed by atoms with van der Waals surface area (Å²) in [6, 6.07) is 0. The number of thiazole rings is 1. The molecule has 0 saturated carbocycles. The molecule has 2 rings (SSSR count). The van der Waals surface area contributed by atoms with Gasteiger partial charge in [-0.3, -0.25) is 0 Å². The monoisotopic (exact) mass is 290 g/mol. The van der Waals surface area contributed by atoms with Crippen molar-refractivity contribution in [3.05, 3.63) is 6.20 Å². The van der Waals surface area contributed by atoms with Crippen molar-refractivity contribution in [1.29, 1.82) is 0 Å². The fourth-order valence-corrected chi connectivity index (χ4v) is 4.05. The zero-order valence-corrected chi connectivity index (χ0v) is 13.4. The van der Waals surface area contributed by atoms with Gasteiger partial charge in [-0.25, -0.2) is 0 Å². The summed E-state index contributed by atoms with van der Waals surface area (Å²) < 4.78 is 1.37. The molecule has 1 aliphatic rings. The van der Waals surface area contributed by atoms with Gasteiger partial charge in [-0.1, -0.05) is 0 Å². The van der Waals surface area contributed by atoms with Gasteiger partial charge in [-0.05, 0) is 0 Å². The van der Waals surface area contributed by atoms with Crippen molar-refractivity contribution >= 4 is 47.8 Å². The maximum atomic E-state index is 11.3. The summed E-state index contributed by atoms with van der Waals surface area (Å²) in [5, 5.41) is 0.909. The zero-order chi connectivity index (χ0) is 8.55. The third kappa shape index (κ3) is 1.49. The first-order valence-corrected chi connectivity index (χ1v) is 7.67. The summed E-state index contributed by atoms with van der Waals surface area (Å²) in [4.78, 5) is 17.3. The van der Waals surface area contributed by atoms with Crippen LogP contribution < -0.4 is 7.79 Å². The van der Waals surface area contributed by atoms with E-state index in [1.807, 2.05) is 11.1 Å². The Hall–Kier alpha value is -0.101. The second-order valence-electron chi connectivity index (χ2n) is 2.90. The molecule has 12 heavy (non-hydrogen) atoms. The molecule has 0 aromatic carbocycles. The van der Waals surface area contributed by atoms with Gasteiger partial charge in [-0.15, -0.1) is 0 Å². The molecule has 1 saturated heterocycles. The van der Waals surface area contributed by atoms with Crippen LogP contribution in [-0.4, -0.2) is 40.0 Å². The van der Waals surface area contributed by atoms with Gasteiger partial charge in [0.05, 0.1) is 0 Å². The number of carbonyl (C=O) groups is 1. The van der Waals surface area contributed by atoms with Crippen LogP contribution in [0.3, 0.4) is 0 Å². The second kappa shape index (κ2) is 3.33. The van der Waals surface area contributed by atoms with Crippen molar-refractivity contribution in [2.45, 2.75) is 12.8 Å². The van der Waals surface area contributed by atoms with Crippen molar-refractivity contribution in [2.24, 2.45) is 0 Å². The first-order chi connectivity index (χ1) is 5.77. The van der Waals surface area contributed by atoms with E-state index >= 15 is 0 Å². The second-order valence-corrected chi connectivity index (χ2v) is 9.26. The third-order valence-corrected chi connectivity index (χ3v) is 5.33. The van der Waals surface area contributed by atoms with Gasteiger partial charge < -0.3 is 0 Å². The first kappa shape index (κ1) is 8.49. The molecule has 64 valence electrons. The molecule has 5 heteroatoms. The van der Waals surface area contributed by atoms with E-state index in [2.05, 4.69) is 4.98 Å². The minimum absolute atomic E-state index is 0.236. The zero-order valence-electron chi connectivity index (χ0n) is 6.91. The molecule has 0 unspecified atom stereocenters. The van der Waals surface area contributed by atoms with E-state index in [1.165, 1.54) is 2.89 Å². The van der Waals surface area contributed by atoms with E-state index in [9.17, 15) is 4.79 Å². The van der Waals surface area contributed by atoms with Gasteiger partial charge in [0, 0.05) is 0 Å². The van der Waals surface area contributed by atoms with Crippen molar-refractivity contribution in [3.8, 4) is 0 Å².